The zero-order valence-corrected chi connectivity index (χ0v) is 9.15. The van der Waals surface area contributed by atoms with E-state index in [1.807, 2.05) is 0 Å². The summed E-state index contributed by atoms with van der Waals surface area (Å²) in [5.74, 6) is 0. The van der Waals surface area contributed by atoms with Crippen molar-refractivity contribution in [3.8, 4) is 0 Å². The van der Waals surface area contributed by atoms with E-state index in [9.17, 15) is 13.2 Å². The average molecular weight is 253 g/mol. The Balaban J connectivity index is 3.08. The van der Waals surface area contributed by atoms with E-state index in [1.54, 1.807) is 0 Å². The third-order valence-electron chi connectivity index (χ3n) is 2.15. The summed E-state index contributed by atoms with van der Waals surface area (Å²) >= 11 is 5.61. The molecule has 0 aromatic heterocycles. The minimum atomic E-state index is -4.41. The van der Waals surface area contributed by atoms with Gasteiger partial charge in [0, 0.05) is 11.1 Å². The Morgan fingerprint density at radius 2 is 1.88 bits per heavy atom. The van der Waals surface area contributed by atoms with Crippen LogP contribution in [-0.4, -0.2) is 6.54 Å². The minimum Gasteiger partial charge on any atom is -0.330 e. The summed E-state index contributed by atoms with van der Waals surface area (Å²) in [6.07, 6.45) is -4.00. The van der Waals surface area contributed by atoms with Crippen molar-refractivity contribution in [2.45, 2.75) is 18.6 Å². The van der Waals surface area contributed by atoms with E-state index < -0.39 is 17.8 Å². The molecule has 0 unspecified atom stereocenters. The van der Waals surface area contributed by atoms with E-state index in [0.29, 0.717) is 18.5 Å². The largest absolute Gasteiger partial charge is 0.416 e. The zero-order chi connectivity index (χ0) is 12.3. The fourth-order valence-electron chi connectivity index (χ4n) is 1.34. The summed E-state index contributed by atoms with van der Waals surface area (Å²) in [6, 6.07) is 2.79. The normalized spacial score (nSPS) is 13.9. The maximum Gasteiger partial charge on any atom is 0.416 e. The molecule has 0 saturated heterocycles. The van der Waals surface area contributed by atoms with Gasteiger partial charge in [-0.3, -0.25) is 0 Å². The second kappa shape index (κ2) is 5.03. The number of rotatable bonds is 3. The third kappa shape index (κ3) is 3.37. The van der Waals surface area contributed by atoms with Crippen LogP contribution in [0.25, 0.3) is 0 Å². The Hall–Kier alpha value is -0.780. The predicted octanol–water partition coefficient (Wildman–Crippen LogP) is 2.71. The van der Waals surface area contributed by atoms with Gasteiger partial charge in [-0.1, -0.05) is 11.6 Å². The molecule has 16 heavy (non-hydrogen) atoms. The first kappa shape index (κ1) is 13.3. The highest BCUT2D eigenvalue weighted by Crippen LogP contribution is 2.33. The standard InChI is InChI=1S/C10H12ClF3N2/c11-8-4-6(9(16)1-2-15)3-7(5-8)10(12,13)14/h3-5,9H,1-2,15-16H2/t9-/m1/s1. The van der Waals surface area contributed by atoms with Crippen LogP contribution in [0.3, 0.4) is 0 Å². The molecule has 0 spiro atoms. The summed E-state index contributed by atoms with van der Waals surface area (Å²) in [5.41, 5.74) is 10.5. The van der Waals surface area contributed by atoms with Crippen LogP contribution in [0, 0.1) is 0 Å². The molecule has 90 valence electrons. The van der Waals surface area contributed by atoms with Gasteiger partial charge in [0.2, 0.25) is 0 Å². The molecular weight excluding hydrogens is 241 g/mol. The molecule has 0 saturated carbocycles. The Kier molecular flexibility index (Phi) is 4.18. The topological polar surface area (TPSA) is 52.0 Å². The lowest BCUT2D eigenvalue weighted by Gasteiger charge is -2.14. The molecule has 0 aliphatic heterocycles. The molecule has 1 rings (SSSR count). The van der Waals surface area contributed by atoms with E-state index in [2.05, 4.69) is 0 Å². The maximum absolute atomic E-state index is 12.5. The van der Waals surface area contributed by atoms with Crippen LogP contribution in [0.2, 0.25) is 5.02 Å². The Bertz CT molecular complexity index is 366. The Labute approximate surface area is 96.4 Å². The first-order valence-electron chi connectivity index (χ1n) is 4.68. The van der Waals surface area contributed by atoms with Gasteiger partial charge in [-0.15, -0.1) is 0 Å². The molecule has 0 aliphatic rings. The highest BCUT2D eigenvalue weighted by Gasteiger charge is 2.31. The number of alkyl halides is 3. The van der Waals surface area contributed by atoms with Crippen molar-refractivity contribution in [1.29, 1.82) is 0 Å². The molecule has 0 heterocycles. The molecule has 4 N–H and O–H groups in total. The van der Waals surface area contributed by atoms with Crippen LogP contribution in [0.5, 0.6) is 0 Å². The molecule has 0 amide bonds. The maximum atomic E-state index is 12.5. The first-order chi connectivity index (χ1) is 7.34. The molecule has 2 nitrogen and oxygen atoms in total. The summed E-state index contributed by atoms with van der Waals surface area (Å²) < 4.78 is 37.4. The fraction of sp³-hybridized carbons (Fsp3) is 0.400. The van der Waals surface area contributed by atoms with E-state index in [0.717, 1.165) is 12.1 Å². The Morgan fingerprint density at radius 1 is 1.25 bits per heavy atom. The molecule has 0 fully saturated rings. The van der Waals surface area contributed by atoms with Crippen molar-refractivity contribution in [3.63, 3.8) is 0 Å². The Morgan fingerprint density at radius 3 is 2.38 bits per heavy atom. The van der Waals surface area contributed by atoms with Crippen LogP contribution in [0.15, 0.2) is 18.2 Å². The lowest BCUT2D eigenvalue weighted by molar-refractivity contribution is -0.137. The number of hydrogen-bond donors (Lipinski definition) is 2. The van der Waals surface area contributed by atoms with Crippen LogP contribution >= 0.6 is 11.6 Å². The third-order valence-corrected chi connectivity index (χ3v) is 2.37. The first-order valence-corrected chi connectivity index (χ1v) is 5.05. The van der Waals surface area contributed by atoms with Gasteiger partial charge in [0.1, 0.15) is 0 Å². The molecule has 1 aromatic rings. The van der Waals surface area contributed by atoms with Gasteiger partial charge >= 0.3 is 6.18 Å². The second-order valence-corrected chi connectivity index (χ2v) is 3.89. The van der Waals surface area contributed by atoms with Gasteiger partial charge in [0.15, 0.2) is 0 Å². The van der Waals surface area contributed by atoms with Crippen LogP contribution in [-0.2, 0) is 6.18 Å². The van der Waals surface area contributed by atoms with Gasteiger partial charge in [-0.2, -0.15) is 13.2 Å². The molecule has 1 aromatic carbocycles. The van der Waals surface area contributed by atoms with Crippen molar-refractivity contribution in [2.24, 2.45) is 11.5 Å². The SMILES string of the molecule is NCC[C@@H](N)c1cc(Cl)cc(C(F)(F)F)c1. The van der Waals surface area contributed by atoms with Crippen LogP contribution in [0.1, 0.15) is 23.6 Å². The van der Waals surface area contributed by atoms with Crippen molar-refractivity contribution in [2.75, 3.05) is 6.54 Å². The van der Waals surface area contributed by atoms with Crippen LogP contribution < -0.4 is 11.5 Å². The predicted molar refractivity (Wildman–Crippen MR) is 57.1 cm³/mol. The monoisotopic (exact) mass is 252 g/mol. The number of halogens is 4. The quantitative estimate of drug-likeness (QED) is 0.869. The van der Waals surface area contributed by atoms with Crippen molar-refractivity contribution < 1.29 is 13.2 Å². The molecule has 0 aliphatic carbocycles. The molecule has 0 bridgehead atoms. The van der Waals surface area contributed by atoms with Crippen LogP contribution in [0.4, 0.5) is 13.2 Å². The smallest absolute Gasteiger partial charge is 0.330 e. The molecule has 6 heteroatoms. The van der Waals surface area contributed by atoms with Gasteiger partial charge in [0.25, 0.3) is 0 Å². The minimum absolute atomic E-state index is 0.0253. The summed E-state index contributed by atoms with van der Waals surface area (Å²) in [5, 5.41) is 0.0253. The van der Waals surface area contributed by atoms with Crippen molar-refractivity contribution in [1.82, 2.24) is 0 Å². The number of benzene rings is 1. The van der Waals surface area contributed by atoms with Gasteiger partial charge in [-0.25, -0.2) is 0 Å². The van der Waals surface area contributed by atoms with E-state index in [1.165, 1.54) is 6.07 Å². The number of nitrogens with two attached hydrogens (primary N) is 2. The molecule has 0 radical (unpaired) electrons. The van der Waals surface area contributed by atoms with Crippen molar-refractivity contribution >= 4 is 11.6 Å². The second-order valence-electron chi connectivity index (χ2n) is 3.45. The lowest BCUT2D eigenvalue weighted by atomic mass is 10.0. The van der Waals surface area contributed by atoms with E-state index >= 15 is 0 Å². The number of hydrogen-bond acceptors (Lipinski definition) is 2. The molecular formula is C10H12ClF3N2. The van der Waals surface area contributed by atoms with E-state index in [-0.39, 0.29) is 5.02 Å². The van der Waals surface area contributed by atoms with Gasteiger partial charge in [-0.05, 0) is 36.7 Å². The van der Waals surface area contributed by atoms with Gasteiger partial charge in [0.05, 0.1) is 5.56 Å². The molecule has 1 atom stereocenters. The summed E-state index contributed by atoms with van der Waals surface area (Å²) in [4.78, 5) is 0. The van der Waals surface area contributed by atoms with Gasteiger partial charge < -0.3 is 11.5 Å². The summed E-state index contributed by atoms with van der Waals surface area (Å²) in [6.45, 7) is 0.315. The zero-order valence-electron chi connectivity index (χ0n) is 8.39. The van der Waals surface area contributed by atoms with Crippen molar-refractivity contribution in [3.05, 3.63) is 34.3 Å². The fourth-order valence-corrected chi connectivity index (χ4v) is 1.58. The highest BCUT2D eigenvalue weighted by atomic mass is 35.5. The summed E-state index contributed by atoms with van der Waals surface area (Å²) in [7, 11) is 0. The van der Waals surface area contributed by atoms with E-state index in [4.69, 9.17) is 23.1 Å². The lowest BCUT2D eigenvalue weighted by Crippen LogP contribution is -2.16. The highest BCUT2D eigenvalue weighted by molar-refractivity contribution is 6.30. The average Bonchev–Trinajstić information content (AvgIpc) is 2.16.